The van der Waals surface area contributed by atoms with Crippen LogP contribution in [0.25, 0.3) is 0 Å². The minimum Gasteiger partial charge on any atom is -0.508 e. The Kier molecular flexibility index (Phi) is 12.1. The highest BCUT2D eigenvalue weighted by Crippen LogP contribution is 2.12. The number of phenolic OH excluding ortho intramolecular Hbond substituents is 1. The number of rotatable bonds is 14. The van der Waals surface area contributed by atoms with E-state index in [1.807, 2.05) is 19.9 Å². The quantitative estimate of drug-likeness (QED) is 0.174. The molecule has 3 amide bonds. The second kappa shape index (κ2) is 15.0. The van der Waals surface area contributed by atoms with Gasteiger partial charge < -0.3 is 31.9 Å². The summed E-state index contributed by atoms with van der Waals surface area (Å²) in [6.07, 6.45) is 0.519. The molecule has 206 valence electrons. The van der Waals surface area contributed by atoms with Crippen LogP contribution in [0.3, 0.4) is 0 Å². The Hall–Kier alpha value is -3.57. The SMILES string of the molecule is CC(C)CC(NC(=O)C(CS)NC(=O)C(N)Cc1ccc(O)cc1)C(=O)NC(Cc1ccccc1)C(=O)O. The molecule has 0 spiro atoms. The number of nitrogens with one attached hydrogen (secondary N) is 3. The number of hydrogen-bond donors (Lipinski definition) is 7. The van der Waals surface area contributed by atoms with Gasteiger partial charge in [0.25, 0.3) is 0 Å². The highest BCUT2D eigenvalue weighted by Gasteiger charge is 2.30. The summed E-state index contributed by atoms with van der Waals surface area (Å²) in [5.41, 5.74) is 7.47. The number of carboxylic acid groups (broad SMARTS) is 1. The Morgan fingerprint density at radius 2 is 1.32 bits per heavy atom. The number of amides is 3. The van der Waals surface area contributed by atoms with Crippen molar-refractivity contribution in [3.8, 4) is 5.75 Å². The van der Waals surface area contributed by atoms with Crippen molar-refractivity contribution in [2.75, 3.05) is 5.75 Å². The Balaban J connectivity index is 2.04. The maximum atomic E-state index is 13.1. The highest BCUT2D eigenvalue weighted by molar-refractivity contribution is 7.80. The van der Waals surface area contributed by atoms with Crippen molar-refractivity contribution in [3.05, 3.63) is 65.7 Å². The number of nitrogens with two attached hydrogens (primary N) is 1. The standard InChI is InChI=1S/C27H36N4O6S/c1-16(2)12-21(25(34)30-22(27(36)37)14-17-6-4-3-5-7-17)29-26(35)23(15-38)31-24(33)20(28)13-18-8-10-19(32)11-9-18/h3-11,16,20-23,32,38H,12-15,28H2,1-2H3,(H,29,35)(H,30,34)(H,31,33)(H,36,37). The number of carbonyl (C=O) groups excluding carboxylic acids is 3. The van der Waals surface area contributed by atoms with E-state index in [1.54, 1.807) is 36.4 Å². The third-order valence-corrected chi connectivity index (χ3v) is 6.15. The zero-order valence-corrected chi connectivity index (χ0v) is 22.4. The zero-order chi connectivity index (χ0) is 28.2. The Labute approximate surface area is 227 Å². The molecule has 4 atom stereocenters. The molecule has 0 aliphatic carbocycles. The molecule has 2 aromatic carbocycles. The zero-order valence-electron chi connectivity index (χ0n) is 21.5. The van der Waals surface area contributed by atoms with E-state index in [9.17, 15) is 29.4 Å². The van der Waals surface area contributed by atoms with Gasteiger partial charge >= 0.3 is 5.97 Å². The molecule has 0 aliphatic heterocycles. The van der Waals surface area contributed by atoms with Gasteiger partial charge in [0, 0.05) is 12.2 Å². The van der Waals surface area contributed by atoms with E-state index in [2.05, 4.69) is 28.6 Å². The van der Waals surface area contributed by atoms with Gasteiger partial charge in [0.05, 0.1) is 6.04 Å². The molecule has 4 unspecified atom stereocenters. The Bertz CT molecular complexity index is 1080. The lowest BCUT2D eigenvalue weighted by Crippen LogP contribution is -2.58. The van der Waals surface area contributed by atoms with E-state index >= 15 is 0 Å². The number of hydrogen-bond acceptors (Lipinski definition) is 7. The van der Waals surface area contributed by atoms with Crippen LogP contribution in [0.5, 0.6) is 5.75 Å². The van der Waals surface area contributed by atoms with Crippen LogP contribution in [0.15, 0.2) is 54.6 Å². The first kappa shape index (κ1) is 30.7. The summed E-state index contributed by atoms with van der Waals surface area (Å²) in [4.78, 5) is 50.5. The lowest BCUT2D eigenvalue weighted by Gasteiger charge is -2.25. The van der Waals surface area contributed by atoms with Crippen LogP contribution >= 0.6 is 12.6 Å². The van der Waals surface area contributed by atoms with Crippen molar-refractivity contribution < 1.29 is 29.4 Å². The second-order valence-electron chi connectivity index (χ2n) is 9.50. The fourth-order valence-electron chi connectivity index (χ4n) is 3.75. The molecule has 2 aromatic rings. The number of aliphatic carboxylic acids is 1. The van der Waals surface area contributed by atoms with E-state index in [0.29, 0.717) is 0 Å². The van der Waals surface area contributed by atoms with Crippen molar-refractivity contribution in [1.82, 2.24) is 16.0 Å². The smallest absolute Gasteiger partial charge is 0.326 e. The monoisotopic (exact) mass is 544 g/mol. The molecule has 2 rings (SSSR count). The minimum absolute atomic E-state index is 0.00576. The van der Waals surface area contributed by atoms with Gasteiger partial charge in [-0.3, -0.25) is 14.4 Å². The van der Waals surface area contributed by atoms with Crippen molar-refractivity contribution >= 4 is 36.3 Å². The van der Waals surface area contributed by atoms with E-state index in [1.165, 1.54) is 12.1 Å². The molecular weight excluding hydrogens is 508 g/mol. The molecule has 0 bridgehead atoms. The largest absolute Gasteiger partial charge is 0.508 e. The molecule has 7 N–H and O–H groups in total. The molecule has 10 nitrogen and oxygen atoms in total. The third kappa shape index (κ3) is 10.1. The van der Waals surface area contributed by atoms with Gasteiger partial charge in [-0.15, -0.1) is 0 Å². The van der Waals surface area contributed by atoms with Gasteiger partial charge in [0.2, 0.25) is 17.7 Å². The summed E-state index contributed by atoms with van der Waals surface area (Å²) in [5, 5.41) is 26.8. The average molecular weight is 545 g/mol. The molecule has 11 heteroatoms. The van der Waals surface area contributed by atoms with Crippen LogP contribution in [0.2, 0.25) is 0 Å². The van der Waals surface area contributed by atoms with Crippen LogP contribution in [-0.4, -0.2) is 63.8 Å². The maximum absolute atomic E-state index is 13.1. The average Bonchev–Trinajstić information content (AvgIpc) is 2.87. The number of phenols is 1. The molecule has 0 aliphatic rings. The summed E-state index contributed by atoms with van der Waals surface area (Å²) in [6, 6.07) is 10.9. The van der Waals surface area contributed by atoms with E-state index < -0.39 is 47.9 Å². The second-order valence-corrected chi connectivity index (χ2v) is 9.87. The third-order valence-electron chi connectivity index (χ3n) is 5.78. The number of benzene rings is 2. The number of thiol groups is 1. The molecule has 0 heterocycles. The van der Waals surface area contributed by atoms with Crippen molar-refractivity contribution in [3.63, 3.8) is 0 Å². The predicted octanol–water partition coefficient (Wildman–Crippen LogP) is 1.02. The van der Waals surface area contributed by atoms with E-state index in [-0.39, 0.29) is 36.7 Å². The number of aromatic hydroxyl groups is 1. The topological polar surface area (TPSA) is 171 Å². The summed E-state index contributed by atoms with van der Waals surface area (Å²) >= 11 is 4.17. The first-order valence-electron chi connectivity index (χ1n) is 12.3. The van der Waals surface area contributed by atoms with Crippen molar-refractivity contribution in [2.45, 2.75) is 57.3 Å². The molecule has 38 heavy (non-hydrogen) atoms. The van der Waals surface area contributed by atoms with Crippen LogP contribution in [0, 0.1) is 5.92 Å². The Morgan fingerprint density at radius 3 is 1.87 bits per heavy atom. The summed E-state index contributed by atoms with van der Waals surface area (Å²) < 4.78 is 0. The van der Waals surface area contributed by atoms with E-state index in [4.69, 9.17) is 5.73 Å². The summed E-state index contributed by atoms with van der Waals surface area (Å²) in [6.45, 7) is 3.73. The molecule has 0 saturated carbocycles. The first-order valence-corrected chi connectivity index (χ1v) is 13.0. The van der Waals surface area contributed by atoms with Gasteiger partial charge in [-0.2, -0.15) is 12.6 Å². The van der Waals surface area contributed by atoms with Gasteiger partial charge in [0.1, 0.15) is 23.9 Å². The fraction of sp³-hybridized carbons (Fsp3) is 0.407. The van der Waals surface area contributed by atoms with Crippen LogP contribution in [-0.2, 0) is 32.0 Å². The van der Waals surface area contributed by atoms with E-state index in [0.717, 1.165) is 11.1 Å². The molecule has 0 saturated heterocycles. The van der Waals surface area contributed by atoms with Gasteiger partial charge in [-0.05, 0) is 42.0 Å². The molecule has 0 fully saturated rings. The highest BCUT2D eigenvalue weighted by atomic mass is 32.1. The summed E-state index contributed by atoms with van der Waals surface area (Å²) in [7, 11) is 0. The molecule has 0 aromatic heterocycles. The normalized spacial score (nSPS) is 14.1. The minimum atomic E-state index is -1.19. The van der Waals surface area contributed by atoms with Crippen LogP contribution in [0.1, 0.15) is 31.4 Å². The van der Waals surface area contributed by atoms with Crippen LogP contribution in [0.4, 0.5) is 0 Å². The van der Waals surface area contributed by atoms with Gasteiger partial charge in [0.15, 0.2) is 0 Å². The van der Waals surface area contributed by atoms with Gasteiger partial charge in [-0.25, -0.2) is 4.79 Å². The number of carbonyl (C=O) groups is 4. The molecule has 0 radical (unpaired) electrons. The van der Waals surface area contributed by atoms with Crippen molar-refractivity contribution in [1.29, 1.82) is 0 Å². The van der Waals surface area contributed by atoms with Gasteiger partial charge in [-0.1, -0.05) is 56.3 Å². The lowest BCUT2D eigenvalue weighted by atomic mass is 10.0. The molecular formula is C27H36N4O6S. The summed E-state index contributed by atoms with van der Waals surface area (Å²) in [5.74, 6) is -3.00. The first-order chi connectivity index (χ1) is 18.0. The maximum Gasteiger partial charge on any atom is 0.326 e. The van der Waals surface area contributed by atoms with Crippen LogP contribution < -0.4 is 21.7 Å². The fourth-order valence-corrected chi connectivity index (χ4v) is 4.01. The van der Waals surface area contributed by atoms with Crippen molar-refractivity contribution in [2.24, 2.45) is 11.7 Å². The number of carboxylic acids is 1. The lowest BCUT2D eigenvalue weighted by molar-refractivity contribution is -0.142. The Morgan fingerprint density at radius 1 is 0.789 bits per heavy atom. The predicted molar refractivity (Wildman–Crippen MR) is 147 cm³/mol.